The topological polar surface area (TPSA) is 105 Å². The minimum absolute atomic E-state index is 0.190. The van der Waals surface area contributed by atoms with Crippen molar-refractivity contribution < 1.29 is 9.53 Å². The lowest BCUT2D eigenvalue weighted by Crippen LogP contribution is -2.00. The lowest BCUT2D eigenvalue weighted by Gasteiger charge is -2.00. The zero-order valence-electron chi connectivity index (χ0n) is 13.9. The van der Waals surface area contributed by atoms with Crippen molar-refractivity contribution in [3.05, 3.63) is 59.7 Å². The van der Waals surface area contributed by atoms with Gasteiger partial charge in [0, 0.05) is 10.9 Å². The molecule has 8 nitrogen and oxygen atoms in total. The number of nitrogens with zero attached hydrogens (tertiary/aromatic N) is 5. The van der Waals surface area contributed by atoms with Gasteiger partial charge in [-0.25, -0.2) is 4.79 Å². The molecule has 0 bridgehead atoms. The van der Waals surface area contributed by atoms with Crippen molar-refractivity contribution in [2.75, 3.05) is 7.11 Å². The smallest absolute Gasteiger partial charge is 0.337 e. The summed E-state index contributed by atoms with van der Waals surface area (Å²) in [5.74, 6) is -0.181. The van der Waals surface area contributed by atoms with Gasteiger partial charge >= 0.3 is 5.97 Å². The number of azo groups is 1. The number of benzene rings is 2. The van der Waals surface area contributed by atoms with Gasteiger partial charge in [0.05, 0.1) is 19.2 Å². The molecule has 0 spiro atoms. The number of rotatable bonds is 4. The van der Waals surface area contributed by atoms with Crippen molar-refractivity contribution in [3.63, 3.8) is 0 Å². The number of para-hydroxylation sites is 1. The fourth-order valence-corrected chi connectivity index (χ4v) is 2.60. The number of esters is 1. The molecule has 8 heteroatoms. The summed E-state index contributed by atoms with van der Waals surface area (Å²) in [6, 6.07) is 14.8. The van der Waals surface area contributed by atoms with Crippen LogP contribution in [0.15, 0.2) is 58.8 Å². The molecule has 0 radical (unpaired) electrons. The van der Waals surface area contributed by atoms with Gasteiger partial charge in [-0.15, -0.1) is 15.3 Å². The van der Waals surface area contributed by atoms with Crippen LogP contribution in [0.2, 0.25) is 0 Å². The van der Waals surface area contributed by atoms with Gasteiger partial charge in [0.1, 0.15) is 5.52 Å². The largest absolute Gasteiger partial charge is 0.465 e. The van der Waals surface area contributed by atoms with E-state index in [1.807, 2.05) is 24.3 Å². The maximum absolute atomic E-state index is 11.4. The van der Waals surface area contributed by atoms with Crippen LogP contribution in [0.4, 0.5) is 5.95 Å². The summed E-state index contributed by atoms with van der Waals surface area (Å²) in [6.45, 7) is 0.343. The number of aromatic amines is 1. The molecule has 2 aromatic carbocycles. The van der Waals surface area contributed by atoms with E-state index in [0.29, 0.717) is 23.3 Å². The zero-order chi connectivity index (χ0) is 17.9. The lowest BCUT2D eigenvalue weighted by atomic mass is 10.1. The number of hydrogen-bond acceptors (Lipinski definition) is 7. The van der Waals surface area contributed by atoms with Gasteiger partial charge in [0.25, 0.3) is 5.95 Å². The highest BCUT2D eigenvalue weighted by molar-refractivity contribution is 6.03. The minimum Gasteiger partial charge on any atom is -0.465 e. The van der Waals surface area contributed by atoms with E-state index in [4.69, 9.17) is 0 Å². The number of carbonyl (C=O) groups is 1. The van der Waals surface area contributed by atoms with Gasteiger partial charge in [0.2, 0.25) is 0 Å². The first kappa shape index (κ1) is 15.8. The number of carbonyl (C=O) groups excluding carboxylic acids is 1. The molecule has 128 valence electrons. The molecular weight excluding hydrogens is 332 g/mol. The molecule has 0 atom stereocenters. The fourth-order valence-electron chi connectivity index (χ4n) is 2.60. The number of fused-ring (bicyclic) bond motifs is 3. The quantitative estimate of drug-likeness (QED) is 0.449. The summed E-state index contributed by atoms with van der Waals surface area (Å²) in [7, 11) is 1.35. The van der Waals surface area contributed by atoms with E-state index in [-0.39, 0.29) is 11.9 Å². The van der Waals surface area contributed by atoms with E-state index >= 15 is 0 Å². The Morgan fingerprint density at radius 3 is 2.73 bits per heavy atom. The Kier molecular flexibility index (Phi) is 4.06. The third-order valence-corrected chi connectivity index (χ3v) is 3.90. The monoisotopic (exact) mass is 346 g/mol. The summed E-state index contributed by atoms with van der Waals surface area (Å²) in [5.41, 5.74) is 3.67. The highest BCUT2D eigenvalue weighted by Gasteiger charge is 2.08. The second-order valence-corrected chi connectivity index (χ2v) is 5.57. The number of hydrogen-bond donors (Lipinski definition) is 1. The van der Waals surface area contributed by atoms with Crippen molar-refractivity contribution in [2.24, 2.45) is 10.2 Å². The normalized spacial score (nSPS) is 11.4. The molecule has 0 amide bonds. The molecule has 1 N–H and O–H groups in total. The van der Waals surface area contributed by atoms with Crippen LogP contribution in [0.5, 0.6) is 0 Å². The van der Waals surface area contributed by atoms with Crippen molar-refractivity contribution in [1.29, 1.82) is 0 Å². The Morgan fingerprint density at radius 1 is 1.12 bits per heavy atom. The average molecular weight is 346 g/mol. The Balaban J connectivity index is 1.51. The summed E-state index contributed by atoms with van der Waals surface area (Å²) in [6.07, 6.45) is 0. The molecule has 0 aliphatic heterocycles. The highest BCUT2D eigenvalue weighted by Crippen LogP contribution is 2.22. The van der Waals surface area contributed by atoms with Gasteiger partial charge < -0.3 is 9.72 Å². The Hall–Kier alpha value is -3.68. The summed E-state index contributed by atoms with van der Waals surface area (Å²) in [4.78, 5) is 18.9. The van der Waals surface area contributed by atoms with Crippen molar-refractivity contribution in [1.82, 2.24) is 20.2 Å². The third kappa shape index (κ3) is 3.00. The number of nitrogens with one attached hydrogen (secondary N) is 1. The number of ether oxygens (including phenoxy) is 1. The first-order chi connectivity index (χ1) is 12.7. The SMILES string of the molecule is COC(=O)c1ccc(CN=Nc2nnc3c(n2)[nH]c2ccccc23)cc1. The zero-order valence-corrected chi connectivity index (χ0v) is 13.9. The van der Waals surface area contributed by atoms with Gasteiger partial charge in [-0.05, 0) is 23.8 Å². The van der Waals surface area contributed by atoms with Crippen molar-refractivity contribution in [3.8, 4) is 0 Å². The predicted molar refractivity (Wildman–Crippen MR) is 95.2 cm³/mol. The minimum atomic E-state index is -0.371. The van der Waals surface area contributed by atoms with Gasteiger partial charge in [-0.1, -0.05) is 30.3 Å². The predicted octanol–water partition coefficient (Wildman–Crippen LogP) is 3.58. The second kappa shape index (κ2) is 6.67. The first-order valence-electron chi connectivity index (χ1n) is 7.90. The molecule has 2 aromatic heterocycles. The Morgan fingerprint density at radius 2 is 1.92 bits per heavy atom. The van der Waals surface area contributed by atoms with Crippen LogP contribution in [-0.4, -0.2) is 33.2 Å². The molecule has 0 saturated heterocycles. The standard InChI is InChI=1S/C18H14N6O2/c1-26-17(25)12-8-6-11(7-9-12)10-19-23-18-21-16-15(22-24-18)13-4-2-3-5-14(13)20-16/h2-9H,10H2,1H3,(H,20,21,24). The van der Waals surface area contributed by atoms with Crippen LogP contribution >= 0.6 is 0 Å². The van der Waals surface area contributed by atoms with E-state index in [2.05, 4.69) is 35.1 Å². The summed E-state index contributed by atoms with van der Waals surface area (Å²) in [5, 5.41) is 17.3. The van der Waals surface area contributed by atoms with Crippen LogP contribution in [0.1, 0.15) is 15.9 Å². The number of methoxy groups -OCH3 is 1. The molecule has 0 unspecified atom stereocenters. The van der Waals surface area contributed by atoms with Crippen LogP contribution in [0.25, 0.3) is 22.1 Å². The molecule has 0 saturated carbocycles. The highest BCUT2D eigenvalue weighted by atomic mass is 16.5. The van der Waals surface area contributed by atoms with Crippen LogP contribution in [-0.2, 0) is 11.3 Å². The maximum atomic E-state index is 11.4. The number of aromatic nitrogens is 4. The molecule has 0 fully saturated rings. The molecular formula is C18H14N6O2. The van der Waals surface area contributed by atoms with E-state index in [9.17, 15) is 4.79 Å². The average Bonchev–Trinajstić information content (AvgIpc) is 3.05. The Bertz CT molecular complexity index is 1120. The first-order valence-corrected chi connectivity index (χ1v) is 7.90. The number of H-pyrrole nitrogens is 1. The third-order valence-electron chi connectivity index (χ3n) is 3.90. The summed E-state index contributed by atoms with van der Waals surface area (Å²) < 4.78 is 4.66. The lowest BCUT2D eigenvalue weighted by molar-refractivity contribution is 0.0600. The van der Waals surface area contributed by atoms with Crippen molar-refractivity contribution >= 4 is 34.0 Å². The maximum Gasteiger partial charge on any atom is 0.337 e. The second-order valence-electron chi connectivity index (χ2n) is 5.57. The van der Waals surface area contributed by atoms with E-state index in [1.54, 1.807) is 24.3 Å². The van der Waals surface area contributed by atoms with Gasteiger partial charge in [0.15, 0.2) is 5.65 Å². The summed E-state index contributed by atoms with van der Waals surface area (Å²) >= 11 is 0. The van der Waals surface area contributed by atoms with Crippen molar-refractivity contribution in [2.45, 2.75) is 6.54 Å². The van der Waals surface area contributed by atoms with E-state index < -0.39 is 0 Å². The van der Waals surface area contributed by atoms with Gasteiger partial charge in [-0.3, -0.25) is 0 Å². The molecule has 4 rings (SSSR count). The molecule has 4 aromatic rings. The van der Waals surface area contributed by atoms with Gasteiger partial charge in [-0.2, -0.15) is 10.1 Å². The fraction of sp³-hybridized carbons (Fsp3) is 0.111. The molecule has 2 heterocycles. The van der Waals surface area contributed by atoms with Crippen LogP contribution in [0, 0.1) is 0 Å². The Labute approximate surface area is 148 Å². The van der Waals surface area contributed by atoms with Crippen LogP contribution in [0.3, 0.4) is 0 Å². The molecule has 26 heavy (non-hydrogen) atoms. The molecule has 0 aliphatic rings. The van der Waals surface area contributed by atoms with E-state index in [1.165, 1.54) is 7.11 Å². The molecule has 0 aliphatic carbocycles. The van der Waals surface area contributed by atoms with Crippen LogP contribution < -0.4 is 0 Å². The van der Waals surface area contributed by atoms with E-state index in [0.717, 1.165) is 16.5 Å².